The number of carbonyl (C=O) groups is 1. The number of amides is 1. The molecule has 1 amide bonds. The summed E-state index contributed by atoms with van der Waals surface area (Å²) in [4.78, 5) is 14.9. The van der Waals surface area contributed by atoms with Crippen LogP contribution in [0.4, 0.5) is 5.69 Å². The zero-order valence-electron chi connectivity index (χ0n) is 16.3. The minimum atomic E-state index is -3.64. The largest absolute Gasteiger partial charge is 0.322 e. The average molecular weight is 427 g/mol. The fraction of sp³-hybridized carbons (Fsp3) is 0.263. The van der Waals surface area contributed by atoms with Gasteiger partial charge in [0.15, 0.2) is 0 Å². The molecule has 11 heteroatoms. The second kappa shape index (κ2) is 8.30. The van der Waals surface area contributed by atoms with Crippen molar-refractivity contribution in [2.24, 2.45) is 0 Å². The van der Waals surface area contributed by atoms with Crippen molar-refractivity contribution in [3.8, 4) is 5.69 Å². The second-order valence-electron chi connectivity index (χ2n) is 6.99. The van der Waals surface area contributed by atoms with E-state index in [4.69, 9.17) is 0 Å². The highest BCUT2D eigenvalue weighted by molar-refractivity contribution is 7.89. The number of sulfonamides is 1. The fourth-order valence-corrected chi connectivity index (χ4v) is 4.62. The molecule has 10 nitrogen and oxygen atoms in total. The number of benzene rings is 2. The van der Waals surface area contributed by atoms with Gasteiger partial charge in [-0.3, -0.25) is 4.79 Å². The Morgan fingerprint density at radius 2 is 1.77 bits per heavy atom. The van der Waals surface area contributed by atoms with Crippen molar-refractivity contribution >= 4 is 21.6 Å². The molecule has 0 aliphatic carbocycles. The van der Waals surface area contributed by atoms with E-state index in [0.717, 1.165) is 5.69 Å². The summed E-state index contributed by atoms with van der Waals surface area (Å²) < 4.78 is 28.8. The van der Waals surface area contributed by atoms with Crippen LogP contribution >= 0.6 is 0 Å². The lowest BCUT2D eigenvalue weighted by molar-refractivity contribution is 0.102. The number of tetrazole rings is 1. The number of piperazine rings is 1. The highest BCUT2D eigenvalue weighted by atomic mass is 32.2. The first-order valence-corrected chi connectivity index (χ1v) is 10.8. The molecule has 0 saturated carbocycles. The number of rotatable bonds is 5. The molecule has 3 aromatic rings. The Morgan fingerprint density at radius 1 is 1.03 bits per heavy atom. The molecule has 156 valence electrons. The molecule has 1 saturated heterocycles. The van der Waals surface area contributed by atoms with Gasteiger partial charge in [-0.15, -0.1) is 5.10 Å². The third-order valence-electron chi connectivity index (χ3n) is 4.93. The van der Waals surface area contributed by atoms with Gasteiger partial charge in [-0.05, 0) is 59.9 Å². The molecule has 1 N–H and O–H groups in total. The lowest BCUT2D eigenvalue weighted by Crippen LogP contribution is -2.47. The van der Waals surface area contributed by atoms with Crippen LogP contribution in [0.2, 0.25) is 0 Å². The third kappa shape index (κ3) is 4.22. The summed E-state index contributed by atoms with van der Waals surface area (Å²) in [5.74, 6) is -0.388. The predicted octanol–water partition coefficient (Wildman–Crippen LogP) is 0.851. The molecule has 0 radical (unpaired) electrons. The van der Waals surface area contributed by atoms with Crippen molar-refractivity contribution < 1.29 is 13.2 Å². The van der Waals surface area contributed by atoms with Gasteiger partial charge in [0.2, 0.25) is 10.0 Å². The molecule has 0 spiro atoms. The van der Waals surface area contributed by atoms with Crippen molar-refractivity contribution in [3.63, 3.8) is 0 Å². The van der Waals surface area contributed by atoms with Crippen molar-refractivity contribution in [2.75, 3.05) is 38.5 Å². The quantitative estimate of drug-likeness (QED) is 0.642. The monoisotopic (exact) mass is 427 g/mol. The SMILES string of the molecule is CN1CCN(S(=O)(=O)c2cccc(C(=O)Nc3ccc(-n4cnnn4)cc3)c2)CC1. The molecule has 1 aromatic heterocycles. The van der Waals surface area contributed by atoms with E-state index in [0.29, 0.717) is 31.9 Å². The molecule has 1 fully saturated rings. The smallest absolute Gasteiger partial charge is 0.255 e. The van der Waals surface area contributed by atoms with Gasteiger partial charge < -0.3 is 10.2 Å². The van der Waals surface area contributed by atoms with Gasteiger partial charge >= 0.3 is 0 Å². The predicted molar refractivity (Wildman–Crippen MR) is 110 cm³/mol. The zero-order chi connectivity index (χ0) is 21.1. The fourth-order valence-electron chi connectivity index (χ4n) is 3.16. The molecule has 4 rings (SSSR count). The molecule has 1 aliphatic heterocycles. The number of hydrogen-bond acceptors (Lipinski definition) is 7. The van der Waals surface area contributed by atoms with Crippen LogP contribution in [-0.2, 0) is 10.0 Å². The average Bonchev–Trinajstić information content (AvgIpc) is 3.30. The Hall–Kier alpha value is -3.15. The van der Waals surface area contributed by atoms with Crippen molar-refractivity contribution in [2.45, 2.75) is 4.90 Å². The minimum absolute atomic E-state index is 0.119. The van der Waals surface area contributed by atoms with Crippen LogP contribution in [-0.4, -0.2) is 77.0 Å². The summed E-state index contributed by atoms with van der Waals surface area (Å²) in [6, 6.07) is 13.1. The normalized spacial score (nSPS) is 15.8. The molecular weight excluding hydrogens is 406 g/mol. The Kier molecular flexibility index (Phi) is 5.57. The van der Waals surface area contributed by atoms with E-state index >= 15 is 0 Å². The topological polar surface area (TPSA) is 113 Å². The van der Waals surface area contributed by atoms with Gasteiger partial charge in [0.25, 0.3) is 5.91 Å². The summed E-state index contributed by atoms with van der Waals surface area (Å²) in [6.07, 6.45) is 1.47. The molecule has 2 aromatic carbocycles. The summed E-state index contributed by atoms with van der Waals surface area (Å²) >= 11 is 0. The maximum Gasteiger partial charge on any atom is 0.255 e. The molecule has 0 unspecified atom stereocenters. The summed E-state index contributed by atoms with van der Waals surface area (Å²) in [5.41, 5.74) is 1.59. The summed E-state index contributed by atoms with van der Waals surface area (Å²) in [6.45, 7) is 2.23. The lowest BCUT2D eigenvalue weighted by Gasteiger charge is -2.31. The van der Waals surface area contributed by atoms with Crippen LogP contribution < -0.4 is 5.32 Å². The van der Waals surface area contributed by atoms with Crippen LogP contribution in [0, 0.1) is 0 Å². The molecule has 30 heavy (non-hydrogen) atoms. The van der Waals surface area contributed by atoms with E-state index in [1.807, 2.05) is 7.05 Å². The molecule has 0 bridgehead atoms. The van der Waals surface area contributed by atoms with Crippen LogP contribution in [0.1, 0.15) is 10.4 Å². The van der Waals surface area contributed by atoms with Gasteiger partial charge in [-0.2, -0.15) is 4.31 Å². The Balaban J connectivity index is 1.48. The maximum atomic E-state index is 12.9. The highest BCUT2D eigenvalue weighted by Crippen LogP contribution is 2.20. The number of likely N-dealkylation sites (N-methyl/N-ethyl adjacent to an activating group) is 1. The maximum absolute atomic E-state index is 12.9. The lowest BCUT2D eigenvalue weighted by atomic mass is 10.2. The molecule has 2 heterocycles. The van der Waals surface area contributed by atoms with E-state index in [1.54, 1.807) is 36.4 Å². The summed E-state index contributed by atoms with van der Waals surface area (Å²) in [5, 5.41) is 13.7. The van der Waals surface area contributed by atoms with Gasteiger partial charge in [0.05, 0.1) is 10.6 Å². The highest BCUT2D eigenvalue weighted by Gasteiger charge is 2.27. The number of carbonyl (C=O) groups excluding carboxylic acids is 1. The van der Waals surface area contributed by atoms with Crippen molar-refractivity contribution in [3.05, 3.63) is 60.4 Å². The minimum Gasteiger partial charge on any atom is -0.322 e. The first-order valence-electron chi connectivity index (χ1n) is 9.37. The third-order valence-corrected chi connectivity index (χ3v) is 6.83. The molecule has 0 atom stereocenters. The number of aromatic nitrogens is 4. The number of nitrogens with zero attached hydrogens (tertiary/aromatic N) is 6. The van der Waals surface area contributed by atoms with E-state index in [1.165, 1.54) is 27.4 Å². The number of hydrogen-bond donors (Lipinski definition) is 1. The van der Waals surface area contributed by atoms with E-state index in [2.05, 4.69) is 25.7 Å². The Bertz CT molecular complexity index is 1120. The van der Waals surface area contributed by atoms with Gasteiger partial charge in [0.1, 0.15) is 6.33 Å². The second-order valence-corrected chi connectivity index (χ2v) is 8.93. The van der Waals surface area contributed by atoms with E-state index in [9.17, 15) is 13.2 Å². The van der Waals surface area contributed by atoms with Gasteiger partial charge in [-0.25, -0.2) is 13.1 Å². The van der Waals surface area contributed by atoms with Crippen LogP contribution in [0.5, 0.6) is 0 Å². The van der Waals surface area contributed by atoms with E-state index < -0.39 is 10.0 Å². The standard InChI is InChI=1S/C19H21N7O3S/c1-24-9-11-25(12-10-24)30(28,29)18-4-2-3-15(13-18)19(27)21-16-5-7-17(8-6-16)26-14-20-22-23-26/h2-8,13-14H,9-12H2,1H3,(H,21,27). The molecular formula is C19H21N7O3S. The Labute approximate surface area is 174 Å². The van der Waals surface area contributed by atoms with Crippen LogP contribution in [0.25, 0.3) is 5.69 Å². The van der Waals surface area contributed by atoms with Crippen molar-refractivity contribution in [1.82, 2.24) is 29.4 Å². The Morgan fingerprint density at radius 3 is 2.43 bits per heavy atom. The number of anilines is 1. The van der Waals surface area contributed by atoms with Crippen molar-refractivity contribution in [1.29, 1.82) is 0 Å². The van der Waals surface area contributed by atoms with Gasteiger partial charge in [0, 0.05) is 37.4 Å². The first kappa shape index (κ1) is 20.1. The summed E-state index contributed by atoms with van der Waals surface area (Å²) in [7, 11) is -1.68. The van der Waals surface area contributed by atoms with Gasteiger partial charge in [-0.1, -0.05) is 6.07 Å². The first-order chi connectivity index (χ1) is 14.4. The zero-order valence-corrected chi connectivity index (χ0v) is 17.2. The number of nitrogens with one attached hydrogen (secondary N) is 1. The van der Waals surface area contributed by atoms with Crippen LogP contribution in [0.15, 0.2) is 59.8 Å². The van der Waals surface area contributed by atoms with E-state index in [-0.39, 0.29) is 16.4 Å². The molecule has 1 aliphatic rings. The van der Waals surface area contributed by atoms with Crippen LogP contribution in [0.3, 0.4) is 0 Å².